The summed E-state index contributed by atoms with van der Waals surface area (Å²) >= 11 is 0. The number of fused-ring (bicyclic) bond motifs is 19. The van der Waals surface area contributed by atoms with Crippen LogP contribution in [0.2, 0.25) is 0 Å². The summed E-state index contributed by atoms with van der Waals surface area (Å²) in [5, 5.41) is 7.22. The van der Waals surface area contributed by atoms with Gasteiger partial charge in [-0.3, -0.25) is 0 Å². The first-order chi connectivity index (χ1) is 31.7. The molecule has 3 heterocycles. The normalized spacial score (nSPS) is 13.4. The van der Waals surface area contributed by atoms with Crippen LogP contribution in [0, 0.1) is 0 Å². The molecule has 3 nitrogen and oxygen atoms in total. The Kier molecular flexibility index (Phi) is 6.61. The van der Waals surface area contributed by atoms with E-state index in [1.165, 1.54) is 105 Å². The van der Waals surface area contributed by atoms with E-state index in [2.05, 4.69) is 215 Å². The highest BCUT2D eigenvalue weighted by Gasteiger charge is 2.51. The van der Waals surface area contributed by atoms with Gasteiger partial charge in [-0.05, 0) is 128 Å². The lowest BCUT2D eigenvalue weighted by atomic mass is 9.70. The number of hydrogen-bond donors (Lipinski definition) is 0. The standard InChI is InChI=1S/C61H36N2O/c1-7-19-51-41(13-1)42-14-2-8-20-52(42)61(51)53-21-9-3-15-43(53)47-35-39(27-29-54(47)61)62-55-22-10-4-16-44(55)48-33-37(25-30-57(48)62)38-26-31-58-49(34-38)45-17-5-11-23-56(45)63(58)40-28-32-60-50(36-40)46-18-6-12-24-59(46)64-60/h1-36H. The van der Waals surface area contributed by atoms with Crippen LogP contribution >= 0.6 is 0 Å². The Labute approximate surface area is 368 Å². The second-order valence-electron chi connectivity index (χ2n) is 17.6. The molecular weight excluding hydrogens is 777 g/mol. The molecule has 3 heteroatoms. The molecule has 0 amide bonds. The van der Waals surface area contributed by atoms with Crippen molar-refractivity contribution in [1.82, 2.24) is 9.13 Å². The molecule has 0 aliphatic heterocycles. The maximum absolute atomic E-state index is 6.21. The molecule has 0 N–H and O–H groups in total. The number of aromatic nitrogens is 2. The van der Waals surface area contributed by atoms with E-state index in [-0.39, 0.29) is 5.41 Å². The van der Waals surface area contributed by atoms with Crippen LogP contribution in [0.25, 0.3) is 110 Å². The van der Waals surface area contributed by atoms with Crippen molar-refractivity contribution in [3.05, 3.63) is 241 Å². The maximum Gasteiger partial charge on any atom is 0.135 e. The summed E-state index contributed by atoms with van der Waals surface area (Å²) < 4.78 is 11.1. The highest BCUT2D eigenvalue weighted by molar-refractivity contribution is 6.13. The molecule has 0 saturated heterocycles. The lowest BCUT2D eigenvalue weighted by molar-refractivity contribution is 0.669. The largest absolute Gasteiger partial charge is 0.456 e. The number of hydrogen-bond acceptors (Lipinski definition) is 1. The minimum absolute atomic E-state index is 0.358. The van der Waals surface area contributed by atoms with E-state index in [0.29, 0.717) is 0 Å². The maximum atomic E-state index is 6.21. The van der Waals surface area contributed by atoms with E-state index in [1.54, 1.807) is 0 Å². The van der Waals surface area contributed by atoms with Crippen molar-refractivity contribution in [2.45, 2.75) is 5.41 Å². The van der Waals surface area contributed by atoms with Crippen LogP contribution in [0.4, 0.5) is 0 Å². The third-order valence-electron chi connectivity index (χ3n) is 14.5. The van der Waals surface area contributed by atoms with E-state index < -0.39 is 0 Å². The second-order valence-corrected chi connectivity index (χ2v) is 17.6. The number of para-hydroxylation sites is 3. The van der Waals surface area contributed by atoms with Gasteiger partial charge in [0.25, 0.3) is 0 Å². The molecule has 1 spiro atoms. The van der Waals surface area contributed by atoms with Gasteiger partial charge < -0.3 is 13.6 Å². The zero-order valence-corrected chi connectivity index (χ0v) is 34.6. The fraction of sp³-hybridized carbons (Fsp3) is 0.0164. The summed E-state index contributed by atoms with van der Waals surface area (Å²) in [6.07, 6.45) is 0. The molecule has 0 bridgehead atoms. The van der Waals surface area contributed by atoms with Gasteiger partial charge >= 0.3 is 0 Å². The molecule has 0 saturated carbocycles. The van der Waals surface area contributed by atoms with Crippen molar-refractivity contribution in [1.29, 1.82) is 0 Å². The Balaban J connectivity index is 0.891. The lowest BCUT2D eigenvalue weighted by Crippen LogP contribution is -2.25. The average molecular weight is 813 g/mol. The number of benzene rings is 10. The van der Waals surface area contributed by atoms with Crippen LogP contribution < -0.4 is 0 Å². The molecule has 15 rings (SSSR count). The first kappa shape index (κ1) is 34.2. The second kappa shape index (κ2) is 12.4. The molecule has 64 heavy (non-hydrogen) atoms. The topological polar surface area (TPSA) is 23.0 Å². The van der Waals surface area contributed by atoms with E-state index in [0.717, 1.165) is 27.6 Å². The van der Waals surface area contributed by atoms with Gasteiger partial charge in [-0.2, -0.15) is 0 Å². The van der Waals surface area contributed by atoms with Gasteiger partial charge in [-0.25, -0.2) is 0 Å². The molecule has 3 aromatic heterocycles. The summed E-state index contributed by atoms with van der Waals surface area (Å²) in [6, 6.07) is 80.9. The smallest absolute Gasteiger partial charge is 0.135 e. The van der Waals surface area contributed by atoms with Crippen LogP contribution in [0.1, 0.15) is 22.3 Å². The molecule has 0 fully saturated rings. The van der Waals surface area contributed by atoms with Gasteiger partial charge in [-0.15, -0.1) is 0 Å². The van der Waals surface area contributed by atoms with Crippen molar-refractivity contribution in [2.75, 3.05) is 0 Å². The molecule has 13 aromatic rings. The van der Waals surface area contributed by atoms with Crippen molar-refractivity contribution < 1.29 is 4.42 Å². The third kappa shape index (κ3) is 4.31. The summed E-state index contributed by atoms with van der Waals surface area (Å²) in [5.74, 6) is 0. The van der Waals surface area contributed by atoms with Gasteiger partial charge in [0, 0.05) is 43.7 Å². The van der Waals surface area contributed by atoms with Gasteiger partial charge in [-0.1, -0.05) is 146 Å². The number of nitrogens with zero attached hydrogens (tertiary/aromatic N) is 2. The van der Waals surface area contributed by atoms with Gasteiger partial charge in [0.2, 0.25) is 0 Å². The zero-order valence-electron chi connectivity index (χ0n) is 34.6. The first-order valence-corrected chi connectivity index (χ1v) is 22.2. The zero-order chi connectivity index (χ0) is 41.7. The molecule has 296 valence electrons. The van der Waals surface area contributed by atoms with Crippen molar-refractivity contribution in [3.8, 4) is 44.8 Å². The minimum atomic E-state index is -0.358. The fourth-order valence-corrected chi connectivity index (χ4v) is 11.9. The number of furan rings is 1. The molecule has 0 atom stereocenters. The molecule has 10 aromatic carbocycles. The van der Waals surface area contributed by atoms with Gasteiger partial charge in [0.1, 0.15) is 11.2 Å². The van der Waals surface area contributed by atoms with E-state index in [1.807, 2.05) is 12.1 Å². The summed E-state index contributed by atoms with van der Waals surface area (Å²) in [5.41, 5.74) is 21.6. The highest BCUT2D eigenvalue weighted by atomic mass is 16.3. The van der Waals surface area contributed by atoms with E-state index in [9.17, 15) is 0 Å². The highest BCUT2D eigenvalue weighted by Crippen LogP contribution is 2.63. The van der Waals surface area contributed by atoms with Crippen molar-refractivity contribution >= 4 is 65.6 Å². The van der Waals surface area contributed by atoms with Crippen molar-refractivity contribution in [2.24, 2.45) is 0 Å². The summed E-state index contributed by atoms with van der Waals surface area (Å²) in [4.78, 5) is 0. The van der Waals surface area contributed by atoms with E-state index in [4.69, 9.17) is 4.42 Å². The predicted molar refractivity (Wildman–Crippen MR) is 264 cm³/mol. The molecule has 2 aliphatic carbocycles. The van der Waals surface area contributed by atoms with Gasteiger partial charge in [0.15, 0.2) is 0 Å². The predicted octanol–water partition coefficient (Wildman–Crippen LogP) is 15.8. The Bertz CT molecular complexity index is 4110. The Morgan fingerprint density at radius 1 is 0.281 bits per heavy atom. The molecule has 0 radical (unpaired) electrons. The van der Waals surface area contributed by atoms with Crippen LogP contribution in [-0.4, -0.2) is 9.13 Å². The van der Waals surface area contributed by atoms with Crippen LogP contribution in [0.15, 0.2) is 223 Å². The first-order valence-electron chi connectivity index (χ1n) is 22.2. The minimum Gasteiger partial charge on any atom is -0.456 e. The Morgan fingerprint density at radius 3 is 1.33 bits per heavy atom. The monoisotopic (exact) mass is 812 g/mol. The Morgan fingerprint density at radius 2 is 0.719 bits per heavy atom. The van der Waals surface area contributed by atoms with Crippen LogP contribution in [0.3, 0.4) is 0 Å². The summed E-state index contributed by atoms with van der Waals surface area (Å²) in [6.45, 7) is 0. The summed E-state index contributed by atoms with van der Waals surface area (Å²) in [7, 11) is 0. The third-order valence-corrected chi connectivity index (χ3v) is 14.5. The lowest BCUT2D eigenvalue weighted by Gasteiger charge is -2.30. The molecule has 2 aliphatic rings. The molecule has 0 unspecified atom stereocenters. The average Bonchev–Trinajstić information content (AvgIpc) is 4.14. The van der Waals surface area contributed by atoms with E-state index >= 15 is 0 Å². The molecular formula is C61H36N2O. The van der Waals surface area contributed by atoms with Gasteiger partial charge in [0.05, 0.1) is 27.5 Å². The van der Waals surface area contributed by atoms with Crippen molar-refractivity contribution in [3.63, 3.8) is 0 Å². The quantitative estimate of drug-likeness (QED) is 0.174. The Hall–Kier alpha value is -8.40. The number of rotatable bonds is 3. The van der Waals surface area contributed by atoms with Crippen LogP contribution in [0.5, 0.6) is 0 Å². The van der Waals surface area contributed by atoms with Crippen LogP contribution in [-0.2, 0) is 5.41 Å². The SMILES string of the molecule is c1ccc2c(c1)-c1ccccc1C21c2ccccc2-c2cc(-n3c4ccccc4c4cc(-c5ccc6c(c5)c5ccccc5n6-c5ccc6oc7ccccc7c6c5)ccc43)ccc21. The fourth-order valence-electron chi connectivity index (χ4n) is 11.9.